The molecule has 136 valence electrons. The number of hydrogen-bond donors (Lipinski definition) is 1. The Bertz CT molecular complexity index is 802. The molecule has 1 saturated heterocycles. The largest absolute Gasteiger partial charge is 0.496 e. The number of rotatable bonds is 4. The van der Waals surface area contributed by atoms with E-state index < -0.39 is 0 Å². The fourth-order valence-electron chi connectivity index (χ4n) is 3.74. The number of methoxy groups -OCH3 is 1. The Balaban J connectivity index is 1.45. The molecule has 2 aliphatic rings. The Morgan fingerprint density at radius 2 is 2.27 bits per heavy atom. The highest BCUT2D eigenvalue weighted by Gasteiger charge is 2.25. The van der Waals surface area contributed by atoms with E-state index in [2.05, 4.69) is 10.3 Å². The lowest BCUT2D eigenvalue weighted by atomic mass is 10.0. The van der Waals surface area contributed by atoms with Crippen LogP contribution in [0.2, 0.25) is 0 Å². The standard InChI is InChI=1S/C20H24N4O2/c1-26-18-5-3-2-4-14(18)10-19(25)24-9-7-17-16(13-24)12-22-20(23-17)15-6-8-21-11-15/h2-5,12,15,21H,6-11,13H2,1H3/t15-/m0/s1. The molecule has 3 heterocycles. The number of carbonyl (C=O) groups is 1. The SMILES string of the molecule is COc1ccccc1CC(=O)N1CCc2nc([C@H]3CCNC3)ncc2C1. The summed E-state index contributed by atoms with van der Waals surface area (Å²) in [5.74, 6) is 2.24. The predicted octanol–water partition coefficient (Wildman–Crippen LogP) is 1.69. The lowest BCUT2D eigenvalue weighted by Crippen LogP contribution is -2.37. The van der Waals surface area contributed by atoms with Crippen LogP contribution in [0.4, 0.5) is 0 Å². The highest BCUT2D eigenvalue weighted by Crippen LogP contribution is 2.24. The van der Waals surface area contributed by atoms with Gasteiger partial charge in [-0.3, -0.25) is 4.79 Å². The second kappa shape index (κ2) is 7.41. The highest BCUT2D eigenvalue weighted by molar-refractivity contribution is 5.79. The average molecular weight is 352 g/mol. The fourth-order valence-corrected chi connectivity index (χ4v) is 3.74. The molecule has 1 fully saturated rings. The topological polar surface area (TPSA) is 67.3 Å². The van der Waals surface area contributed by atoms with Gasteiger partial charge in [-0.15, -0.1) is 0 Å². The van der Waals surface area contributed by atoms with Gasteiger partial charge in [-0.25, -0.2) is 9.97 Å². The minimum Gasteiger partial charge on any atom is -0.496 e. The number of carbonyl (C=O) groups excluding carboxylic acids is 1. The number of fused-ring (bicyclic) bond motifs is 1. The molecule has 1 atom stereocenters. The number of amides is 1. The van der Waals surface area contributed by atoms with Gasteiger partial charge in [-0.2, -0.15) is 0 Å². The van der Waals surface area contributed by atoms with Gasteiger partial charge in [0.2, 0.25) is 5.91 Å². The third kappa shape index (κ3) is 3.42. The molecule has 0 bridgehead atoms. The van der Waals surface area contributed by atoms with Crippen molar-refractivity contribution in [3.63, 3.8) is 0 Å². The van der Waals surface area contributed by atoms with Crippen molar-refractivity contribution >= 4 is 5.91 Å². The maximum absolute atomic E-state index is 12.7. The summed E-state index contributed by atoms with van der Waals surface area (Å²) in [6.07, 6.45) is 4.16. The molecule has 1 aromatic heterocycles. The van der Waals surface area contributed by atoms with Crippen LogP contribution in [-0.4, -0.2) is 47.5 Å². The van der Waals surface area contributed by atoms with Crippen LogP contribution >= 0.6 is 0 Å². The Morgan fingerprint density at radius 1 is 1.38 bits per heavy atom. The van der Waals surface area contributed by atoms with Crippen molar-refractivity contribution in [2.75, 3.05) is 26.7 Å². The molecule has 1 amide bonds. The summed E-state index contributed by atoms with van der Waals surface area (Å²) < 4.78 is 5.36. The first-order chi connectivity index (χ1) is 12.7. The monoisotopic (exact) mass is 352 g/mol. The zero-order valence-corrected chi connectivity index (χ0v) is 15.1. The maximum Gasteiger partial charge on any atom is 0.227 e. The maximum atomic E-state index is 12.7. The first-order valence-electron chi connectivity index (χ1n) is 9.19. The summed E-state index contributed by atoms with van der Waals surface area (Å²) >= 11 is 0. The van der Waals surface area contributed by atoms with Crippen LogP contribution in [-0.2, 0) is 24.2 Å². The van der Waals surface area contributed by atoms with Gasteiger partial charge in [0.05, 0.1) is 19.2 Å². The fraction of sp³-hybridized carbons (Fsp3) is 0.450. The summed E-state index contributed by atoms with van der Waals surface area (Å²) in [4.78, 5) is 24.0. The second-order valence-corrected chi connectivity index (χ2v) is 6.94. The second-order valence-electron chi connectivity index (χ2n) is 6.94. The Hall–Kier alpha value is -2.47. The third-order valence-corrected chi connectivity index (χ3v) is 5.26. The van der Waals surface area contributed by atoms with Crippen molar-refractivity contribution in [2.24, 2.45) is 0 Å². The molecule has 2 aliphatic heterocycles. The zero-order chi connectivity index (χ0) is 17.9. The van der Waals surface area contributed by atoms with Crippen molar-refractivity contribution in [2.45, 2.75) is 31.7 Å². The molecule has 4 rings (SSSR count). The van der Waals surface area contributed by atoms with Gasteiger partial charge in [0.1, 0.15) is 11.6 Å². The average Bonchev–Trinajstić information content (AvgIpc) is 3.22. The van der Waals surface area contributed by atoms with E-state index >= 15 is 0 Å². The first kappa shape index (κ1) is 17.0. The molecule has 6 nitrogen and oxygen atoms in total. The quantitative estimate of drug-likeness (QED) is 0.907. The number of hydrogen-bond acceptors (Lipinski definition) is 5. The van der Waals surface area contributed by atoms with Gasteiger partial charge in [0.25, 0.3) is 0 Å². The van der Waals surface area contributed by atoms with Crippen LogP contribution in [0.25, 0.3) is 0 Å². The molecule has 0 saturated carbocycles. The summed E-state index contributed by atoms with van der Waals surface area (Å²) in [7, 11) is 1.63. The van der Waals surface area contributed by atoms with Crippen molar-refractivity contribution in [3.05, 3.63) is 53.1 Å². The Morgan fingerprint density at radius 3 is 3.08 bits per heavy atom. The number of nitrogens with one attached hydrogen (secondary N) is 1. The van der Waals surface area contributed by atoms with Gasteiger partial charge in [0.15, 0.2) is 0 Å². The summed E-state index contributed by atoms with van der Waals surface area (Å²) in [5, 5.41) is 3.36. The van der Waals surface area contributed by atoms with Crippen molar-refractivity contribution < 1.29 is 9.53 Å². The van der Waals surface area contributed by atoms with Crippen LogP contribution in [0.15, 0.2) is 30.5 Å². The Kier molecular flexibility index (Phi) is 4.84. The van der Waals surface area contributed by atoms with Crippen molar-refractivity contribution in [1.29, 1.82) is 0 Å². The molecule has 1 N–H and O–H groups in total. The lowest BCUT2D eigenvalue weighted by molar-refractivity contribution is -0.131. The summed E-state index contributed by atoms with van der Waals surface area (Å²) in [6, 6.07) is 7.68. The molecule has 0 aliphatic carbocycles. The zero-order valence-electron chi connectivity index (χ0n) is 15.1. The van der Waals surface area contributed by atoms with Crippen LogP contribution in [0.3, 0.4) is 0 Å². The Labute approximate surface area is 153 Å². The molecule has 0 spiro atoms. The molecule has 6 heteroatoms. The van der Waals surface area contributed by atoms with Crippen LogP contribution < -0.4 is 10.1 Å². The number of benzene rings is 1. The minimum atomic E-state index is 0.115. The number of ether oxygens (including phenoxy) is 1. The van der Waals surface area contributed by atoms with Gasteiger partial charge in [-0.1, -0.05) is 18.2 Å². The van der Waals surface area contributed by atoms with E-state index in [1.807, 2.05) is 35.4 Å². The molecule has 0 unspecified atom stereocenters. The van der Waals surface area contributed by atoms with Gasteiger partial charge < -0.3 is 15.0 Å². The van der Waals surface area contributed by atoms with E-state index in [4.69, 9.17) is 9.72 Å². The van der Waals surface area contributed by atoms with E-state index in [9.17, 15) is 4.79 Å². The van der Waals surface area contributed by atoms with E-state index in [-0.39, 0.29) is 5.91 Å². The van der Waals surface area contributed by atoms with E-state index in [1.54, 1.807) is 7.11 Å². The molecule has 2 aromatic rings. The normalized spacial score (nSPS) is 19.3. The van der Waals surface area contributed by atoms with Gasteiger partial charge in [0, 0.05) is 49.3 Å². The van der Waals surface area contributed by atoms with Crippen molar-refractivity contribution in [1.82, 2.24) is 20.2 Å². The predicted molar refractivity (Wildman–Crippen MR) is 98.1 cm³/mol. The molecule has 26 heavy (non-hydrogen) atoms. The molecular weight excluding hydrogens is 328 g/mol. The first-order valence-corrected chi connectivity index (χ1v) is 9.19. The van der Waals surface area contributed by atoms with Crippen LogP contribution in [0, 0.1) is 0 Å². The highest BCUT2D eigenvalue weighted by atomic mass is 16.5. The van der Waals surface area contributed by atoms with E-state index in [0.717, 1.165) is 54.3 Å². The minimum absolute atomic E-state index is 0.115. The van der Waals surface area contributed by atoms with Crippen LogP contribution in [0.5, 0.6) is 5.75 Å². The third-order valence-electron chi connectivity index (χ3n) is 5.26. The number of para-hydroxylation sites is 1. The molecule has 1 aromatic carbocycles. The van der Waals surface area contributed by atoms with Gasteiger partial charge >= 0.3 is 0 Å². The van der Waals surface area contributed by atoms with E-state index in [1.165, 1.54) is 0 Å². The number of aromatic nitrogens is 2. The smallest absolute Gasteiger partial charge is 0.227 e. The molecular formula is C20H24N4O2. The van der Waals surface area contributed by atoms with Gasteiger partial charge in [-0.05, 0) is 19.0 Å². The van der Waals surface area contributed by atoms with Crippen molar-refractivity contribution in [3.8, 4) is 5.75 Å². The number of nitrogens with zero attached hydrogens (tertiary/aromatic N) is 3. The molecule has 0 radical (unpaired) electrons. The van der Waals surface area contributed by atoms with Crippen LogP contribution in [0.1, 0.15) is 35.0 Å². The summed E-state index contributed by atoms with van der Waals surface area (Å²) in [6.45, 7) is 3.30. The lowest BCUT2D eigenvalue weighted by Gasteiger charge is -2.28. The van der Waals surface area contributed by atoms with E-state index in [0.29, 0.717) is 25.4 Å². The summed E-state index contributed by atoms with van der Waals surface area (Å²) in [5.41, 5.74) is 3.09.